The summed E-state index contributed by atoms with van der Waals surface area (Å²) in [5, 5.41) is 0.698. The molecule has 1 aliphatic carbocycles. The minimum atomic E-state index is -1.99. The monoisotopic (exact) mass is 312 g/mol. The lowest BCUT2D eigenvalue weighted by molar-refractivity contribution is -0.118. The van der Waals surface area contributed by atoms with E-state index in [0.717, 1.165) is 12.0 Å². The highest BCUT2D eigenvalue weighted by Gasteiger charge is 2.42. The Kier molecular flexibility index (Phi) is 3.65. The van der Waals surface area contributed by atoms with Crippen LogP contribution in [0, 0.1) is 0 Å². The quantitative estimate of drug-likeness (QED) is 0.620. The summed E-state index contributed by atoms with van der Waals surface area (Å²) in [6.07, 6.45) is 1.43. The summed E-state index contributed by atoms with van der Waals surface area (Å²) in [7, 11) is -1.99. The molecule has 0 amide bonds. The Balaban J connectivity index is 2.25. The molecule has 22 heavy (non-hydrogen) atoms. The lowest BCUT2D eigenvalue weighted by atomic mass is 9.86. The predicted octanol–water partition coefficient (Wildman–Crippen LogP) is 3.53. The first-order valence-electron chi connectivity index (χ1n) is 7.67. The van der Waals surface area contributed by atoms with Gasteiger partial charge in [0.2, 0.25) is 5.78 Å². The van der Waals surface area contributed by atoms with Gasteiger partial charge in [-0.25, -0.2) is 0 Å². The van der Waals surface area contributed by atoms with E-state index >= 15 is 0 Å². The first-order chi connectivity index (χ1) is 10.4. The molecule has 3 rings (SSSR count). The molecule has 1 heterocycles. The number of ketones is 2. The summed E-state index contributed by atoms with van der Waals surface area (Å²) in [4.78, 5) is 26.0. The van der Waals surface area contributed by atoms with E-state index in [1.165, 1.54) is 0 Å². The van der Waals surface area contributed by atoms with E-state index in [-0.39, 0.29) is 11.6 Å². The van der Waals surface area contributed by atoms with Gasteiger partial charge >= 0.3 is 0 Å². The molecule has 1 aromatic carbocycles. The molecular formula is C18H20O3Si. The van der Waals surface area contributed by atoms with E-state index in [2.05, 4.69) is 19.6 Å². The van der Waals surface area contributed by atoms with Gasteiger partial charge in [0.05, 0.1) is 14.7 Å². The van der Waals surface area contributed by atoms with Gasteiger partial charge in [0, 0.05) is 16.3 Å². The van der Waals surface area contributed by atoms with Crippen LogP contribution in [-0.4, -0.2) is 26.2 Å². The molecule has 4 heteroatoms. The van der Waals surface area contributed by atoms with Crippen LogP contribution < -0.4 is 0 Å². The maximum atomic E-state index is 13.0. The molecule has 0 fully saturated rings. The second-order valence-electron chi connectivity index (χ2n) is 6.78. The summed E-state index contributed by atoms with van der Waals surface area (Å²) >= 11 is 0. The van der Waals surface area contributed by atoms with E-state index in [4.69, 9.17) is 4.74 Å². The van der Waals surface area contributed by atoms with Crippen LogP contribution in [0.2, 0.25) is 19.6 Å². The molecule has 0 saturated heterocycles. The lowest BCUT2D eigenvalue weighted by Crippen LogP contribution is -2.38. The summed E-state index contributed by atoms with van der Waals surface area (Å²) in [6.45, 7) is 6.83. The van der Waals surface area contributed by atoms with Gasteiger partial charge in [-0.2, -0.15) is 0 Å². The molecule has 2 aliphatic rings. The van der Waals surface area contributed by atoms with Gasteiger partial charge in [0.15, 0.2) is 11.5 Å². The largest absolute Gasteiger partial charge is 0.489 e. The highest BCUT2D eigenvalue weighted by Crippen LogP contribution is 2.39. The van der Waals surface area contributed by atoms with E-state index < -0.39 is 8.07 Å². The first-order valence-corrected chi connectivity index (χ1v) is 11.2. The summed E-state index contributed by atoms with van der Waals surface area (Å²) < 4.78 is 5.57. The normalized spacial score (nSPS) is 19.2. The van der Waals surface area contributed by atoms with Gasteiger partial charge in [-0.15, -0.1) is 0 Å². The zero-order valence-electron chi connectivity index (χ0n) is 13.2. The standard InChI is InChI=1S/C18H20O3Si/c1-22(2,3)18-14(12-8-5-4-6-9-12)15(19)13-10-7-11-21-17(13)16(18)20/h4-6,8-9H,7,10-11H2,1-3H3. The third kappa shape index (κ3) is 2.37. The van der Waals surface area contributed by atoms with Gasteiger partial charge in [-0.1, -0.05) is 50.0 Å². The zero-order valence-corrected chi connectivity index (χ0v) is 14.2. The zero-order chi connectivity index (χ0) is 15.9. The number of carbonyl (C=O) groups excluding carboxylic acids is 2. The predicted molar refractivity (Wildman–Crippen MR) is 88.9 cm³/mol. The molecule has 0 atom stereocenters. The maximum absolute atomic E-state index is 13.0. The Morgan fingerprint density at radius 2 is 1.68 bits per heavy atom. The van der Waals surface area contributed by atoms with Crippen LogP contribution in [0.1, 0.15) is 18.4 Å². The smallest absolute Gasteiger partial charge is 0.220 e. The Labute approximate surface area is 131 Å². The molecule has 0 spiro atoms. The van der Waals surface area contributed by atoms with E-state index in [1.807, 2.05) is 30.3 Å². The maximum Gasteiger partial charge on any atom is 0.220 e. The number of allylic oxidation sites excluding steroid dienone is 3. The second-order valence-corrected chi connectivity index (χ2v) is 11.8. The summed E-state index contributed by atoms with van der Waals surface area (Å²) in [5.74, 6) is 0.235. The molecule has 1 aliphatic heterocycles. The number of rotatable bonds is 2. The minimum absolute atomic E-state index is 0.0158. The lowest BCUT2D eigenvalue weighted by Gasteiger charge is -2.31. The van der Waals surface area contributed by atoms with Crippen LogP contribution in [-0.2, 0) is 14.3 Å². The number of ether oxygens (including phenoxy) is 1. The summed E-state index contributed by atoms with van der Waals surface area (Å²) in [5.41, 5.74) is 2.02. The van der Waals surface area contributed by atoms with Crippen molar-refractivity contribution in [2.24, 2.45) is 0 Å². The SMILES string of the molecule is C[Si](C)(C)C1=C(c2ccccc2)C(=O)C2=C(OCCC2)C1=O. The van der Waals surface area contributed by atoms with Gasteiger partial charge in [-0.05, 0) is 18.4 Å². The third-order valence-electron chi connectivity index (χ3n) is 4.09. The van der Waals surface area contributed by atoms with Crippen LogP contribution in [0.5, 0.6) is 0 Å². The summed E-state index contributed by atoms with van der Waals surface area (Å²) in [6, 6.07) is 9.56. The van der Waals surface area contributed by atoms with Crippen LogP contribution in [0.4, 0.5) is 0 Å². The van der Waals surface area contributed by atoms with Crippen molar-refractivity contribution < 1.29 is 14.3 Å². The minimum Gasteiger partial charge on any atom is -0.489 e. The van der Waals surface area contributed by atoms with Crippen molar-refractivity contribution in [1.82, 2.24) is 0 Å². The number of hydrogen-bond donors (Lipinski definition) is 0. The Bertz CT molecular complexity index is 706. The molecule has 0 aromatic heterocycles. The number of benzene rings is 1. The molecule has 0 saturated carbocycles. The van der Waals surface area contributed by atoms with E-state index in [1.54, 1.807) is 0 Å². The van der Waals surface area contributed by atoms with Crippen molar-refractivity contribution in [1.29, 1.82) is 0 Å². The van der Waals surface area contributed by atoms with Crippen LogP contribution >= 0.6 is 0 Å². The topological polar surface area (TPSA) is 43.4 Å². The van der Waals surface area contributed by atoms with E-state index in [9.17, 15) is 9.59 Å². The van der Waals surface area contributed by atoms with E-state index in [0.29, 0.717) is 35.1 Å². The molecule has 0 bridgehead atoms. The van der Waals surface area contributed by atoms with Gasteiger partial charge in [0.25, 0.3) is 0 Å². The fourth-order valence-electron chi connectivity index (χ4n) is 3.13. The van der Waals surface area contributed by atoms with Crippen molar-refractivity contribution >= 4 is 25.2 Å². The fourth-order valence-corrected chi connectivity index (χ4v) is 4.93. The Hall–Kier alpha value is -1.94. The highest BCUT2D eigenvalue weighted by molar-refractivity contribution is 6.90. The third-order valence-corrected chi connectivity index (χ3v) is 6.07. The average molecular weight is 312 g/mol. The number of hydrogen-bond acceptors (Lipinski definition) is 3. The van der Waals surface area contributed by atoms with Crippen LogP contribution in [0.25, 0.3) is 5.57 Å². The van der Waals surface area contributed by atoms with Crippen molar-refractivity contribution in [2.75, 3.05) is 6.61 Å². The second kappa shape index (κ2) is 5.36. The Morgan fingerprint density at radius 1 is 1.00 bits per heavy atom. The molecule has 114 valence electrons. The first kappa shape index (κ1) is 15.0. The molecule has 0 N–H and O–H groups in total. The van der Waals surface area contributed by atoms with Gasteiger partial charge < -0.3 is 4.74 Å². The van der Waals surface area contributed by atoms with Crippen LogP contribution in [0.3, 0.4) is 0 Å². The average Bonchev–Trinajstić information content (AvgIpc) is 2.50. The van der Waals surface area contributed by atoms with Crippen molar-refractivity contribution in [2.45, 2.75) is 32.5 Å². The van der Waals surface area contributed by atoms with Crippen molar-refractivity contribution in [3.8, 4) is 0 Å². The highest BCUT2D eigenvalue weighted by atomic mass is 28.3. The molecule has 0 radical (unpaired) electrons. The molecule has 0 unspecified atom stereocenters. The molecular weight excluding hydrogens is 292 g/mol. The van der Waals surface area contributed by atoms with Gasteiger partial charge in [-0.3, -0.25) is 9.59 Å². The van der Waals surface area contributed by atoms with Crippen molar-refractivity contribution in [3.05, 3.63) is 52.4 Å². The fraction of sp³-hybridized carbons (Fsp3) is 0.333. The molecule has 1 aromatic rings. The number of carbonyl (C=O) groups is 2. The Morgan fingerprint density at radius 3 is 2.32 bits per heavy atom. The molecule has 3 nitrogen and oxygen atoms in total. The number of Topliss-reactive ketones (excluding diaryl/α,β-unsaturated/α-hetero) is 2. The van der Waals surface area contributed by atoms with Crippen molar-refractivity contribution in [3.63, 3.8) is 0 Å². The van der Waals surface area contributed by atoms with Gasteiger partial charge in [0.1, 0.15) is 0 Å². The van der Waals surface area contributed by atoms with Crippen LogP contribution in [0.15, 0.2) is 46.9 Å².